The predicted octanol–water partition coefficient (Wildman–Crippen LogP) is 7.65. The molecular formula is C29H20ClN5O2S2. The molecule has 3 heterocycles. The largest absolute Gasteiger partial charge is 0.497 e. The van der Waals surface area contributed by atoms with Crippen LogP contribution in [0.4, 0.5) is 11.6 Å². The van der Waals surface area contributed by atoms with Crippen molar-refractivity contribution < 1.29 is 9.53 Å². The smallest absolute Gasteiger partial charge is 0.270 e. The van der Waals surface area contributed by atoms with Gasteiger partial charge in [-0.1, -0.05) is 66.2 Å². The Morgan fingerprint density at radius 1 is 0.923 bits per heavy atom. The Morgan fingerprint density at radius 3 is 2.36 bits per heavy atom. The van der Waals surface area contributed by atoms with Gasteiger partial charge in [0.15, 0.2) is 0 Å². The lowest BCUT2D eigenvalue weighted by Crippen LogP contribution is -2.13. The highest BCUT2D eigenvalue weighted by atomic mass is 35.5. The average molecular weight is 570 g/mol. The second-order valence-corrected chi connectivity index (χ2v) is 10.7. The molecule has 0 bridgehead atoms. The number of rotatable bonds is 6. The number of anilines is 2. The second kappa shape index (κ2) is 10.5. The summed E-state index contributed by atoms with van der Waals surface area (Å²) in [7, 11) is 1.63. The summed E-state index contributed by atoms with van der Waals surface area (Å²) in [6, 6.07) is 26.9. The molecule has 10 heteroatoms. The van der Waals surface area contributed by atoms with Crippen LogP contribution < -0.4 is 15.8 Å². The molecule has 0 saturated heterocycles. The van der Waals surface area contributed by atoms with E-state index in [1.807, 2.05) is 72.8 Å². The normalized spacial score (nSPS) is 11.0. The number of nitrogens with two attached hydrogens (primary N) is 1. The zero-order valence-electron chi connectivity index (χ0n) is 20.5. The van der Waals surface area contributed by atoms with Crippen molar-refractivity contribution in [1.29, 1.82) is 0 Å². The van der Waals surface area contributed by atoms with Gasteiger partial charge in [-0.05, 0) is 53.0 Å². The van der Waals surface area contributed by atoms with E-state index in [0.717, 1.165) is 39.1 Å². The Balaban J connectivity index is 1.40. The lowest BCUT2D eigenvalue weighted by molar-refractivity contribution is 0.103. The fourth-order valence-electron chi connectivity index (χ4n) is 4.19. The topological polar surface area (TPSA) is 103 Å². The Morgan fingerprint density at radius 2 is 1.64 bits per heavy atom. The molecule has 0 spiro atoms. The number of carbonyl (C=O) groups is 1. The maximum absolute atomic E-state index is 13.4. The zero-order chi connectivity index (χ0) is 26.9. The highest BCUT2D eigenvalue weighted by molar-refractivity contribution is 7.21. The van der Waals surface area contributed by atoms with E-state index < -0.39 is 5.91 Å². The average Bonchev–Trinajstić information content (AvgIpc) is 3.58. The molecule has 0 fully saturated rings. The number of methoxy groups -OCH3 is 1. The molecule has 6 rings (SSSR count). The van der Waals surface area contributed by atoms with Crippen molar-refractivity contribution in [3.63, 3.8) is 0 Å². The summed E-state index contributed by atoms with van der Waals surface area (Å²) in [4.78, 5) is 23.7. The quantitative estimate of drug-likeness (QED) is 0.213. The minimum atomic E-state index is -0.391. The van der Waals surface area contributed by atoms with Gasteiger partial charge in [0, 0.05) is 21.5 Å². The van der Waals surface area contributed by atoms with Crippen LogP contribution in [0.2, 0.25) is 5.02 Å². The summed E-state index contributed by atoms with van der Waals surface area (Å²) >= 11 is 8.42. The molecule has 3 aromatic heterocycles. The van der Waals surface area contributed by atoms with E-state index in [2.05, 4.69) is 14.7 Å². The second-order valence-electron chi connectivity index (χ2n) is 8.56. The van der Waals surface area contributed by atoms with E-state index in [-0.39, 0.29) is 5.95 Å². The Kier molecular flexibility index (Phi) is 6.70. The number of benzene rings is 3. The first-order chi connectivity index (χ1) is 19.0. The molecule has 0 aliphatic heterocycles. The first kappa shape index (κ1) is 25.0. The number of aromatic nitrogens is 3. The molecule has 192 valence electrons. The number of hydrogen-bond donors (Lipinski definition) is 2. The van der Waals surface area contributed by atoms with Crippen molar-refractivity contribution in [3.8, 4) is 38.7 Å². The van der Waals surface area contributed by atoms with E-state index in [1.165, 1.54) is 22.9 Å². The fraction of sp³-hybridized carbons (Fsp3) is 0.0345. The van der Waals surface area contributed by atoms with E-state index >= 15 is 0 Å². The summed E-state index contributed by atoms with van der Waals surface area (Å²) in [5.74, 6) is 0.567. The third kappa shape index (κ3) is 4.95. The summed E-state index contributed by atoms with van der Waals surface area (Å²) in [5, 5.41) is 4.82. The number of fused-ring (bicyclic) bond motifs is 1. The van der Waals surface area contributed by atoms with Crippen LogP contribution in [-0.4, -0.2) is 27.4 Å². The molecule has 39 heavy (non-hydrogen) atoms. The van der Waals surface area contributed by atoms with Gasteiger partial charge in [-0.25, -0.2) is 4.98 Å². The number of nitrogens with zero attached hydrogens (tertiary/aromatic N) is 3. The van der Waals surface area contributed by atoms with E-state index in [9.17, 15) is 4.79 Å². The maximum Gasteiger partial charge on any atom is 0.270 e. The fourth-order valence-corrected chi connectivity index (χ4v) is 5.96. The Bertz CT molecular complexity index is 1800. The first-order valence-corrected chi connectivity index (χ1v) is 13.8. The van der Waals surface area contributed by atoms with Crippen LogP contribution in [0.3, 0.4) is 0 Å². The Labute approximate surface area is 237 Å². The van der Waals surface area contributed by atoms with Crippen molar-refractivity contribution >= 4 is 62.2 Å². The van der Waals surface area contributed by atoms with Crippen LogP contribution in [-0.2, 0) is 0 Å². The highest BCUT2D eigenvalue weighted by Gasteiger charge is 2.23. The molecule has 6 aromatic rings. The third-order valence-corrected chi connectivity index (χ3v) is 8.23. The number of amides is 1. The zero-order valence-corrected chi connectivity index (χ0v) is 22.9. The van der Waals surface area contributed by atoms with Crippen molar-refractivity contribution in [1.82, 2.24) is 14.3 Å². The van der Waals surface area contributed by atoms with Crippen LogP contribution >= 0.6 is 34.5 Å². The number of ether oxygens (including phenoxy) is 1. The molecule has 0 atom stereocenters. The van der Waals surface area contributed by atoms with Crippen molar-refractivity contribution in [2.24, 2.45) is 0 Å². The van der Waals surface area contributed by atoms with Gasteiger partial charge in [0.25, 0.3) is 5.91 Å². The molecule has 0 saturated carbocycles. The standard InChI is InChI=1S/C29H20ClN5O2S2/c1-37-20-13-9-16(10-14-20)21-15-22(17-5-3-2-4-6-17)32-28-23(21)24(31)25(38-28)26(36)33-29-34-27(39-35-29)18-7-11-19(30)12-8-18/h2-15H,31H2,1H3,(H,33,35,36). The molecule has 0 aliphatic carbocycles. The van der Waals surface area contributed by atoms with Crippen LogP contribution in [0.25, 0.3) is 43.2 Å². The van der Waals surface area contributed by atoms with Gasteiger partial charge in [0.1, 0.15) is 20.5 Å². The minimum Gasteiger partial charge on any atom is -0.497 e. The molecule has 1 amide bonds. The van der Waals surface area contributed by atoms with Crippen molar-refractivity contribution in [2.75, 3.05) is 18.2 Å². The predicted molar refractivity (Wildman–Crippen MR) is 160 cm³/mol. The van der Waals surface area contributed by atoms with Gasteiger partial charge in [-0.2, -0.15) is 9.36 Å². The van der Waals surface area contributed by atoms with Gasteiger partial charge in [-0.3, -0.25) is 10.1 Å². The van der Waals surface area contributed by atoms with Crippen molar-refractivity contribution in [3.05, 3.63) is 94.8 Å². The Hall–Kier alpha value is -4.31. The summed E-state index contributed by atoms with van der Waals surface area (Å²) < 4.78 is 9.63. The highest BCUT2D eigenvalue weighted by Crippen LogP contribution is 2.42. The summed E-state index contributed by atoms with van der Waals surface area (Å²) in [5.41, 5.74) is 11.4. The lowest BCUT2D eigenvalue weighted by Gasteiger charge is -2.09. The van der Waals surface area contributed by atoms with Crippen LogP contribution in [0.5, 0.6) is 5.75 Å². The number of nitrogens with one attached hydrogen (secondary N) is 1. The van der Waals surface area contributed by atoms with Gasteiger partial charge in [0.2, 0.25) is 5.95 Å². The number of carbonyl (C=O) groups excluding carboxylic acids is 1. The molecule has 3 aromatic carbocycles. The van der Waals surface area contributed by atoms with Crippen molar-refractivity contribution in [2.45, 2.75) is 0 Å². The van der Waals surface area contributed by atoms with Gasteiger partial charge >= 0.3 is 0 Å². The number of thiophene rings is 1. The molecule has 0 radical (unpaired) electrons. The van der Waals surface area contributed by atoms with E-state index in [0.29, 0.717) is 25.4 Å². The van der Waals surface area contributed by atoms with Gasteiger partial charge < -0.3 is 10.5 Å². The molecule has 7 nitrogen and oxygen atoms in total. The first-order valence-electron chi connectivity index (χ1n) is 11.8. The third-order valence-electron chi connectivity index (χ3n) is 6.12. The molecule has 0 aliphatic rings. The number of nitrogen functional groups attached to an aromatic ring is 1. The number of pyridine rings is 1. The molecule has 0 unspecified atom stereocenters. The lowest BCUT2D eigenvalue weighted by atomic mass is 9.99. The molecule has 3 N–H and O–H groups in total. The molecular weight excluding hydrogens is 550 g/mol. The van der Waals surface area contributed by atoms with Crippen LogP contribution in [0, 0.1) is 0 Å². The monoisotopic (exact) mass is 569 g/mol. The van der Waals surface area contributed by atoms with Gasteiger partial charge in [0.05, 0.1) is 18.5 Å². The van der Waals surface area contributed by atoms with Crippen LogP contribution in [0.15, 0.2) is 84.9 Å². The van der Waals surface area contributed by atoms with E-state index in [1.54, 1.807) is 19.2 Å². The van der Waals surface area contributed by atoms with Crippen LogP contribution in [0.1, 0.15) is 9.67 Å². The summed E-state index contributed by atoms with van der Waals surface area (Å²) in [6.07, 6.45) is 0. The minimum absolute atomic E-state index is 0.208. The number of hydrogen-bond acceptors (Lipinski definition) is 8. The summed E-state index contributed by atoms with van der Waals surface area (Å²) in [6.45, 7) is 0. The van der Waals surface area contributed by atoms with Gasteiger partial charge in [-0.15, -0.1) is 11.3 Å². The SMILES string of the molecule is COc1ccc(-c2cc(-c3ccccc3)nc3sc(C(=O)Nc4nsc(-c5ccc(Cl)cc5)n4)c(N)c23)cc1. The van der Waals surface area contributed by atoms with E-state index in [4.69, 9.17) is 27.1 Å². The maximum atomic E-state index is 13.4. The number of halogens is 1.